The Balaban J connectivity index is 1.99. The van der Waals surface area contributed by atoms with Gasteiger partial charge in [-0.25, -0.2) is 0 Å². The van der Waals surface area contributed by atoms with Crippen LogP contribution in [-0.2, 0) is 0 Å². The lowest BCUT2D eigenvalue weighted by Gasteiger charge is -2.20. The summed E-state index contributed by atoms with van der Waals surface area (Å²) in [6, 6.07) is 6.40. The van der Waals surface area contributed by atoms with E-state index in [1.165, 1.54) is 44.1 Å². The van der Waals surface area contributed by atoms with Crippen LogP contribution >= 0.6 is 23.2 Å². The quantitative estimate of drug-likeness (QED) is 0.719. The minimum atomic E-state index is 0.403. The number of hydrogen-bond donors (Lipinski definition) is 1. The number of benzene rings is 1. The molecule has 0 aromatic heterocycles. The van der Waals surface area contributed by atoms with E-state index in [0.717, 1.165) is 12.5 Å². The Morgan fingerprint density at radius 3 is 2.58 bits per heavy atom. The van der Waals surface area contributed by atoms with Crippen molar-refractivity contribution in [1.82, 2.24) is 5.32 Å². The summed E-state index contributed by atoms with van der Waals surface area (Å²) in [7, 11) is 0. The molecule has 1 N–H and O–H groups in total. The number of rotatable bonds is 6. The van der Waals surface area contributed by atoms with Gasteiger partial charge >= 0.3 is 0 Å². The topological polar surface area (TPSA) is 12.0 Å². The summed E-state index contributed by atoms with van der Waals surface area (Å²) in [6.07, 6.45) is 8.18. The number of hydrogen-bond acceptors (Lipinski definition) is 1. The van der Waals surface area contributed by atoms with Crippen molar-refractivity contribution < 1.29 is 0 Å². The zero-order valence-corrected chi connectivity index (χ0v) is 13.1. The van der Waals surface area contributed by atoms with Gasteiger partial charge in [-0.2, -0.15) is 0 Å². The molecule has 1 fully saturated rings. The summed E-state index contributed by atoms with van der Waals surface area (Å²) in [6.45, 7) is 3.13. The molecular formula is C16H23Cl2N. The van der Waals surface area contributed by atoms with Crippen LogP contribution in [0.2, 0.25) is 10.0 Å². The van der Waals surface area contributed by atoms with Gasteiger partial charge in [-0.05, 0) is 43.0 Å². The van der Waals surface area contributed by atoms with Crippen molar-refractivity contribution in [2.24, 2.45) is 5.92 Å². The summed E-state index contributed by atoms with van der Waals surface area (Å²) in [5.74, 6) is 0.934. The lowest BCUT2D eigenvalue weighted by molar-refractivity contribution is 0.417. The second-order valence-corrected chi connectivity index (χ2v) is 6.33. The van der Waals surface area contributed by atoms with E-state index in [1.54, 1.807) is 0 Å². The first-order valence-electron chi connectivity index (χ1n) is 7.39. The molecule has 106 valence electrons. The molecule has 0 radical (unpaired) electrons. The van der Waals surface area contributed by atoms with Crippen LogP contribution in [0.25, 0.3) is 0 Å². The molecule has 1 nitrogen and oxygen atoms in total. The molecule has 19 heavy (non-hydrogen) atoms. The van der Waals surface area contributed by atoms with E-state index < -0.39 is 0 Å². The average Bonchev–Trinajstić information content (AvgIpc) is 2.91. The molecule has 0 bridgehead atoms. The molecule has 1 aromatic carbocycles. The molecule has 0 saturated heterocycles. The Labute approximate surface area is 126 Å². The maximum absolute atomic E-state index is 6.13. The van der Waals surface area contributed by atoms with E-state index in [4.69, 9.17) is 23.2 Å². The highest BCUT2D eigenvalue weighted by molar-refractivity contribution is 6.42. The number of halogens is 2. The average molecular weight is 300 g/mol. The van der Waals surface area contributed by atoms with Gasteiger partial charge in [-0.3, -0.25) is 0 Å². The molecule has 1 saturated carbocycles. The van der Waals surface area contributed by atoms with Crippen molar-refractivity contribution in [3.8, 4) is 0 Å². The molecular weight excluding hydrogens is 277 g/mol. The maximum atomic E-state index is 6.13. The van der Waals surface area contributed by atoms with E-state index in [9.17, 15) is 0 Å². The van der Waals surface area contributed by atoms with Crippen molar-refractivity contribution in [2.75, 3.05) is 6.54 Å². The minimum Gasteiger partial charge on any atom is -0.310 e. The Bertz CT molecular complexity index is 400. The van der Waals surface area contributed by atoms with Gasteiger partial charge in [0.2, 0.25) is 0 Å². The number of nitrogens with one attached hydrogen (secondary N) is 1. The zero-order valence-electron chi connectivity index (χ0n) is 11.6. The van der Waals surface area contributed by atoms with Gasteiger partial charge in [-0.15, -0.1) is 0 Å². The van der Waals surface area contributed by atoms with Crippen LogP contribution in [0.4, 0.5) is 0 Å². The van der Waals surface area contributed by atoms with Crippen LogP contribution in [-0.4, -0.2) is 6.54 Å². The van der Waals surface area contributed by atoms with E-state index in [0.29, 0.717) is 16.1 Å². The van der Waals surface area contributed by atoms with Crippen LogP contribution in [0.15, 0.2) is 18.2 Å². The summed E-state index contributed by atoms with van der Waals surface area (Å²) in [5, 5.41) is 4.86. The van der Waals surface area contributed by atoms with Gasteiger partial charge in [0.25, 0.3) is 0 Å². The Morgan fingerprint density at radius 2 is 1.95 bits per heavy atom. The third-order valence-electron chi connectivity index (χ3n) is 4.13. The molecule has 2 rings (SSSR count). The van der Waals surface area contributed by atoms with Crippen LogP contribution in [0.5, 0.6) is 0 Å². The van der Waals surface area contributed by atoms with Crippen molar-refractivity contribution in [3.63, 3.8) is 0 Å². The zero-order chi connectivity index (χ0) is 13.7. The molecule has 1 aliphatic rings. The predicted octanol–water partition coefficient (Wildman–Crippen LogP) is 5.61. The van der Waals surface area contributed by atoms with Crippen molar-refractivity contribution in [1.29, 1.82) is 0 Å². The molecule has 3 heteroatoms. The van der Waals surface area contributed by atoms with Gasteiger partial charge in [-0.1, -0.05) is 61.9 Å². The maximum Gasteiger partial charge on any atom is 0.0595 e. The first-order chi connectivity index (χ1) is 9.20. The lowest BCUT2D eigenvalue weighted by Crippen LogP contribution is -2.21. The fourth-order valence-corrected chi connectivity index (χ4v) is 3.37. The van der Waals surface area contributed by atoms with Gasteiger partial charge in [0.1, 0.15) is 0 Å². The largest absolute Gasteiger partial charge is 0.310 e. The third kappa shape index (κ3) is 4.37. The van der Waals surface area contributed by atoms with Gasteiger partial charge in [0, 0.05) is 6.04 Å². The van der Waals surface area contributed by atoms with Gasteiger partial charge in [0.15, 0.2) is 0 Å². The summed E-state index contributed by atoms with van der Waals surface area (Å²) >= 11 is 12.1. The Kier molecular flexibility index (Phi) is 6.00. The van der Waals surface area contributed by atoms with E-state index >= 15 is 0 Å². The monoisotopic (exact) mass is 299 g/mol. The Morgan fingerprint density at radius 1 is 1.21 bits per heavy atom. The lowest BCUT2D eigenvalue weighted by atomic mass is 9.95. The summed E-state index contributed by atoms with van der Waals surface area (Å²) in [5.41, 5.74) is 1.26. The highest BCUT2D eigenvalue weighted by atomic mass is 35.5. The van der Waals surface area contributed by atoms with Gasteiger partial charge in [0.05, 0.1) is 10.0 Å². The fraction of sp³-hybridized carbons (Fsp3) is 0.625. The highest BCUT2D eigenvalue weighted by Gasteiger charge is 2.18. The molecule has 0 amide bonds. The first-order valence-corrected chi connectivity index (χ1v) is 8.14. The van der Waals surface area contributed by atoms with E-state index in [-0.39, 0.29) is 0 Å². The normalized spacial score (nSPS) is 17.8. The summed E-state index contributed by atoms with van der Waals surface area (Å²) < 4.78 is 0. The predicted molar refractivity (Wildman–Crippen MR) is 84.1 cm³/mol. The second-order valence-electron chi connectivity index (χ2n) is 5.51. The molecule has 1 unspecified atom stereocenters. The molecule has 1 aliphatic carbocycles. The standard InChI is InChI=1S/C16H23Cl2N/c1-2-19-16(10-7-12-5-3-4-6-12)13-8-9-14(17)15(18)11-13/h8-9,11-12,16,19H,2-7,10H2,1H3. The second kappa shape index (κ2) is 7.52. The van der Waals surface area contributed by atoms with Crippen LogP contribution in [0.1, 0.15) is 57.1 Å². The SMILES string of the molecule is CCNC(CCC1CCCC1)c1ccc(Cl)c(Cl)c1. The van der Waals surface area contributed by atoms with Crippen molar-refractivity contribution >= 4 is 23.2 Å². The van der Waals surface area contributed by atoms with E-state index in [2.05, 4.69) is 18.3 Å². The summed E-state index contributed by atoms with van der Waals surface area (Å²) in [4.78, 5) is 0. The molecule has 1 atom stereocenters. The Hall–Kier alpha value is -0.240. The molecule has 0 spiro atoms. The fourth-order valence-electron chi connectivity index (χ4n) is 3.06. The van der Waals surface area contributed by atoms with Gasteiger partial charge < -0.3 is 5.32 Å². The first kappa shape index (κ1) is 15.2. The van der Waals surface area contributed by atoms with Crippen LogP contribution in [0, 0.1) is 5.92 Å². The highest BCUT2D eigenvalue weighted by Crippen LogP contribution is 2.33. The smallest absolute Gasteiger partial charge is 0.0595 e. The van der Waals surface area contributed by atoms with Crippen LogP contribution < -0.4 is 5.32 Å². The third-order valence-corrected chi connectivity index (χ3v) is 4.87. The van der Waals surface area contributed by atoms with Crippen molar-refractivity contribution in [2.45, 2.75) is 51.5 Å². The van der Waals surface area contributed by atoms with Crippen LogP contribution in [0.3, 0.4) is 0 Å². The minimum absolute atomic E-state index is 0.403. The van der Waals surface area contributed by atoms with Crippen molar-refractivity contribution in [3.05, 3.63) is 33.8 Å². The van der Waals surface area contributed by atoms with E-state index in [1.807, 2.05) is 12.1 Å². The molecule has 0 heterocycles. The molecule has 1 aromatic rings. The molecule has 0 aliphatic heterocycles.